The Balaban J connectivity index is 1.99. The summed E-state index contributed by atoms with van der Waals surface area (Å²) >= 11 is 1.69. The van der Waals surface area contributed by atoms with Crippen LogP contribution in [-0.4, -0.2) is 16.5 Å². The highest BCUT2D eigenvalue weighted by atomic mass is 32.2. The first-order valence-corrected chi connectivity index (χ1v) is 7.29. The van der Waals surface area contributed by atoms with Gasteiger partial charge in [0, 0.05) is 16.3 Å². The molecule has 1 aliphatic rings. The topological polar surface area (TPSA) is 46.2 Å². The minimum absolute atomic E-state index is 0.473. The van der Waals surface area contributed by atoms with Crippen molar-refractivity contribution in [1.82, 2.24) is 0 Å². The maximum Gasteiger partial charge on any atom is 0.0741 e. The van der Waals surface area contributed by atoms with E-state index in [1.165, 1.54) is 12.0 Å². The van der Waals surface area contributed by atoms with Gasteiger partial charge in [-0.25, -0.2) is 0 Å². The molecule has 1 fully saturated rings. The molecule has 0 saturated heterocycles. The Bertz CT molecular complexity index is 386. The monoisotopic (exact) mass is 251 g/mol. The van der Waals surface area contributed by atoms with E-state index in [2.05, 4.69) is 13.0 Å². The van der Waals surface area contributed by atoms with Gasteiger partial charge in [0.05, 0.1) is 5.60 Å². The Labute approximate surface area is 108 Å². The summed E-state index contributed by atoms with van der Waals surface area (Å²) in [6.45, 7) is 2.07. The predicted octanol–water partition coefficient (Wildman–Crippen LogP) is 3.36. The molecule has 0 unspecified atom stereocenters. The summed E-state index contributed by atoms with van der Waals surface area (Å²) in [6, 6.07) is 6.07. The summed E-state index contributed by atoms with van der Waals surface area (Å²) in [5.41, 5.74) is 7.51. The molecule has 3 heteroatoms. The summed E-state index contributed by atoms with van der Waals surface area (Å²) in [6.07, 6.45) is 5.44. The Hall–Kier alpha value is -0.670. The molecule has 0 aliphatic heterocycles. The standard InChI is InChI=1S/C14H21NOS/c1-11-5-6-12(15)13(9-11)17-10-14(16)7-3-2-4-8-14/h5-6,9,16H,2-4,7-8,10,15H2,1H3. The molecule has 1 aliphatic carbocycles. The highest BCUT2D eigenvalue weighted by Crippen LogP contribution is 2.35. The molecule has 2 rings (SSSR count). The second kappa shape index (κ2) is 5.32. The van der Waals surface area contributed by atoms with E-state index in [-0.39, 0.29) is 0 Å². The molecule has 0 heterocycles. The van der Waals surface area contributed by atoms with Crippen LogP contribution in [0.4, 0.5) is 5.69 Å². The Kier molecular flexibility index (Phi) is 4.00. The van der Waals surface area contributed by atoms with Gasteiger partial charge in [-0.05, 0) is 37.5 Å². The summed E-state index contributed by atoms with van der Waals surface area (Å²) in [4.78, 5) is 1.10. The average Bonchev–Trinajstić information content (AvgIpc) is 2.31. The van der Waals surface area contributed by atoms with Crippen molar-refractivity contribution in [3.8, 4) is 0 Å². The molecule has 0 spiro atoms. The van der Waals surface area contributed by atoms with E-state index in [4.69, 9.17) is 5.73 Å². The summed E-state index contributed by atoms with van der Waals surface area (Å²) in [7, 11) is 0. The van der Waals surface area contributed by atoms with Crippen LogP contribution in [0.1, 0.15) is 37.7 Å². The number of aliphatic hydroxyl groups is 1. The van der Waals surface area contributed by atoms with E-state index in [0.29, 0.717) is 0 Å². The first kappa shape index (κ1) is 12.8. The van der Waals surface area contributed by atoms with Gasteiger partial charge in [0.15, 0.2) is 0 Å². The van der Waals surface area contributed by atoms with Gasteiger partial charge in [-0.3, -0.25) is 0 Å². The smallest absolute Gasteiger partial charge is 0.0741 e. The number of aryl methyl sites for hydroxylation is 1. The number of hydrogen-bond acceptors (Lipinski definition) is 3. The van der Waals surface area contributed by atoms with Gasteiger partial charge in [-0.2, -0.15) is 0 Å². The fraction of sp³-hybridized carbons (Fsp3) is 0.571. The third kappa shape index (κ3) is 3.39. The molecular formula is C14H21NOS. The van der Waals surface area contributed by atoms with Crippen molar-refractivity contribution in [3.05, 3.63) is 23.8 Å². The molecule has 0 aromatic heterocycles. The minimum Gasteiger partial charge on any atom is -0.398 e. The van der Waals surface area contributed by atoms with Crippen LogP contribution in [0.15, 0.2) is 23.1 Å². The maximum atomic E-state index is 10.4. The third-order valence-corrected chi connectivity index (χ3v) is 4.80. The Morgan fingerprint density at radius 1 is 1.29 bits per heavy atom. The summed E-state index contributed by atoms with van der Waals surface area (Å²) in [5.74, 6) is 0.765. The van der Waals surface area contributed by atoms with Crippen LogP contribution in [-0.2, 0) is 0 Å². The lowest BCUT2D eigenvalue weighted by Crippen LogP contribution is -2.34. The van der Waals surface area contributed by atoms with Gasteiger partial charge < -0.3 is 10.8 Å². The van der Waals surface area contributed by atoms with Crippen molar-refractivity contribution in [2.45, 2.75) is 49.5 Å². The Morgan fingerprint density at radius 3 is 2.71 bits per heavy atom. The van der Waals surface area contributed by atoms with Gasteiger partial charge in [0.2, 0.25) is 0 Å². The quantitative estimate of drug-likeness (QED) is 0.639. The number of benzene rings is 1. The molecule has 3 N–H and O–H groups in total. The fourth-order valence-corrected chi connectivity index (χ4v) is 3.55. The van der Waals surface area contributed by atoms with Gasteiger partial charge >= 0.3 is 0 Å². The van der Waals surface area contributed by atoms with Gasteiger partial charge in [0.25, 0.3) is 0 Å². The van der Waals surface area contributed by atoms with Crippen LogP contribution >= 0.6 is 11.8 Å². The lowest BCUT2D eigenvalue weighted by Gasteiger charge is -2.31. The first-order chi connectivity index (χ1) is 8.09. The molecule has 0 amide bonds. The van der Waals surface area contributed by atoms with E-state index in [9.17, 15) is 5.11 Å². The van der Waals surface area contributed by atoms with E-state index in [1.54, 1.807) is 11.8 Å². The van der Waals surface area contributed by atoms with Gasteiger partial charge in [-0.1, -0.05) is 25.3 Å². The van der Waals surface area contributed by atoms with Crippen LogP contribution in [0, 0.1) is 6.92 Å². The molecular weight excluding hydrogens is 230 g/mol. The predicted molar refractivity (Wildman–Crippen MR) is 74.4 cm³/mol. The minimum atomic E-state index is -0.473. The molecule has 2 nitrogen and oxygen atoms in total. The number of anilines is 1. The van der Waals surface area contributed by atoms with Gasteiger partial charge in [0.1, 0.15) is 0 Å². The van der Waals surface area contributed by atoms with Crippen molar-refractivity contribution in [3.63, 3.8) is 0 Å². The lowest BCUT2D eigenvalue weighted by molar-refractivity contribution is 0.0273. The van der Waals surface area contributed by atoms with Crippen LogP contribution in [0.2, 0.25) is 0 Å². The van der Waals surface area contributed by atoms with E-state index < -0.39 is 5.60 Å². The lowest BCUT2D eigenvalue weighted by atomic mass is 9.86. The molecule has 94 valence electrons. The molecule has 1 aromatic carbocycles. The molecule has 0 bridgehead atoms. The number of hydrogen-bond donors (Lipinski definition) is 2. The summed E-state index contributed by atoms with van der Waals surface area (Å²) < 4.78 is 0. The van der Waals surface area contributed by atoms with Crippen molar-refractivity contribution in [2.75, 3.05) is 11.5 Å². The highest BCUT2D eigenvalue weighted by molar-refractivity contribution is 7.99. The second-order valence-electron chi connectivity index (χ2n) is 5.11. The zero-order valence-electron chi connectivity index (χ0n) is 10.4. The average molecular weight is 251 g/mol. The summed E-state index contributed by atoms with van der Waals surface area (Å²) in [5, 5.41) is 10.4. The van der Waals surface area contributed by atoms with Crippen LogP contribution in [0.5, 0.6) is 0 Å². The number of thioether (sulfide) groups is 1. The first-order valence-electron chi connectivity index (χ1n) is 6.30. The van der Waals surface area contributed by atoms with E-state index in [0.717, 1.165) is 42.0 Å². The van der Waals surface area contributed by atoms with Crippen molar-refractivity contribution in [2.24, 2.45) is 0 Å². The zero-order chi connectivity index (χ0) is 12.3. The maximum absolute atomic E-state index is 10.4. The van der Waals surface area contributed by atoms with Crippen LogP contribution in [0.25, 0.3) is 0 Å². The number of rotatable bonds is 3. The Morgan fingerprint density at radius 2 is 2.00 bits per heavy atom. The van der Waals surface area contributed by atoms with Crippen molar-refractivity contribution < 1.29 is 5.11 Å². The van der Waals surface area contributed by atoms with Crippen LogP contribution in [0.3, 0.4) is 0 Å². The SMILES string of the molecule is Cc1ccc(N)c(SCC2(O)CCCCC2)c1. The molecule has 17 heavy (non-hydrogen) atoms. The molecule has 1 saturated carbocycles. The number of nitrogens with two attached hydrogens (primary N) is 1. The second-order valence-corrected chi connectivity index (χ2v) is 6.13. The largest absolute Gasteiger partial charge is 0.398 e. The molecule has 0 atom stereocenters. The van der Waals surface area contributed by atoms with E-state index >= 15 is 0 Å². The van der Waals surface area contributed by atoms with E-state index in [1.807, 2.05) is 12.1 Å². The fourth-order valence-electron chi connectivity index (χ4n) is 2.33. The van der Waals surface area contributed by atoms with Crippen molar-refractivity contribution >= 4 is 17.4 Å². The normalized spacial score (nSPS) is 19.2. The van der Waals surface area contributed by atoms with Crippen LogP contribution < -0.4 is 5.73 Å². The third-order valence-electron chi connectivity index (χ3n) is 3.45. The van der Waals surface area contributed by atoms with Crippen molar-refractivity contribution in [1.29, 1.82) is 0 Å². The number of nitrogen functional groups attached to an aromatic ring is 1. The van der Waals surface area contributed by atoms with Gasteiger partial charge in [-0.15, -0.1) is 11.8 Å². The highest BCUT2D eigenvalue weighted by Gasteiger charge is 2.29. The molecule has 0 radical (unpaired) electrons. The molecule has 1 aromatic rings. The zero-order valence-corrected chi connectivity index (χ0v) is 11.2.